The van der Waals surface area contributed by atoms with Crippen LogP contribution in [0.4, 0.5) is 0 Å². The lowest BCUT2D eigenvalue weighted by molar-refractivity contribution is -0.161. The molecule has 0 fully saturated rings. The second-order valence-electron chi connectivity index (χ2n) is 27.8. The fourth-order valence-electron chi connectivity index (χ4n) is 11.1. The molecule has 0 aromatic carbocycles. The Morgan fingerprint density at radius 1 is 0.293 bits per heavy atom. The van der Waals surface area contributed by atoms with E-state index in [0.29, 0.717) is 37.5 Å². The molecule has 546 valence electrons. The van der Waals surface area contributed by atoms with Crippen molar-refractivity contribution in [3.63, 3.8) is 0 Å². The summed E-state index contributed by atoms with van der Waals surface area (Å²) in [6.45, 7) is 11.7. The summed E-state index contributed by atoms with van der Waals surface area (Å²) >= 11 is 0. The number of phosphoric acid groups is 2. The predicted octanol–water partition coefficient (Wildman–Crippen LogP) is 21.0. The molecule has 0 saturated carbocycles. The van der Waals surface area contributed by atoms with Gasteiger partial charge in [0.1, 0.15) is 19.3 Å². The molecule has 0 aromatic heterocycles. The van der Waals surface area contributed by atoms with Gasteiger partial charge in [-0.2, -0.15) is 0 Å². The van der Waals surface area contributed by atoms with Gasteiger partial charge in [-0.3, -0.25) is 37.3 Å². The van der Waals surface area contributed by atoms with Crippen molar-refractivity contribution in [2.75, 3.05) is 39.6 Å². The zero-order chi connectivity index (χ0) is 68.0. The standard InChI is InChI=1S/C73H142O17P2/c1-8-9-10-11-12-13-14-15-16-17-18-19-20-21-22-25-29-32-42-49-56-72(77)89-68(60-83-70(75)54-47-40-31-28-26-23-24-27-30-37-44-51-64(2)3)62-87-91(79,80)85-58-67(74)59-86-92(81,82)88-63-69(90-73(78)57-50-43-36-34-39-46-53-66(6)7)61-84-71(76)55-48-41-35-33-38-45-52-65(4)5/h64-69,74H,8-63H2,1-7H3,(H,79,80)(H,81,82)/t67-,68-,69-/m1/s1. The highest BCUT2D eigenvalue weighted by atomic mass is 31.2. The lowest BCUT2D eigenvalue weighted by Crippen LogP contribution is -2.30. The zero-order valence-corrected chi connectivity index (χ0v) is 61.8. The molecule has 0 aliphatic rings. The normalized spacial score (nSPS) is 14.1. The summed E-state index contributed by atoms with van der Waals surface area (Å²) in [5, 5.41) is 10.6. The number of aliphatic hydroxyl groups excluding tert-OH is 1. The number of hydrogen-bond acceptors (Lipinski definition) is 15. The molecule has 2 unspecified atom stereocenters. The number of esters is 4. The van der Waals surface area contributed by atoms with E-state index in [1.54, 1.807) is 0 Å². The SMILES string of the molecule is CCCCCCCCCCCCCCCCCCCCCCC(=O)O[C@H](COC(=O)CCCCCCCCCCCCCC(C)C)COP(=O)(O)OC[C@@H](O)COP(=O)(O)OC[C@@H](COC(=O)CCCCCCCCC(C)C)OC(=O)CCCCCCCCC(C)C. The molecule has 0 spiro atoms. The van der Waals surface area contributed by atoms with E-state index in [4.69, 9.17) is 37.0 Å². The number of rotatable bonds is 71. The smallest absolute Gasteiger partial charge is 0.462 e. The van der Waals surface area contributed by atoms with Gasteiger partial charge in [0.25, 0.3) is 0 Å². The first-order chi connectivity index (χ1) is 44.2. The summed E-state index contributed by atoms with van der Waals surface area (Å²) in [5.41, 5.74) is 0. The van der Waals surface area contributed by atoms with Crippen molar-refractivity contribution >= 4 is 39.5 Å². The van der Waals surface area contributed by atoms with Gasteiger partial charge in [0, 0.05) is 25.7 Å². The molecule has 0 rings (SSSR count). The molecule has 0 aliphatic heterocycles. The van der Waals surface area contributed by atoms with Gasteiger partial charge in [-0.15, -0.1) is 0 Å². The monoisotopic (exact) mass is 1350 g/mol. The number of aliphatic hydroxyl groups is 1. The molecule has 0 bridgehead atoms. The molecule has 0 amide bonds. The first-order valence-electron chi connectivity index (χ1n) is 37.8. The van der Waals surface area contributed by atoms with E-state index in [9.17, 15) is 43.2 Å². The summed E-state index contributed by atoms with van der Waals surface area (Å²) < 4.78 is 68.3. The van der Waals surface area contributed by atoms with Gasteiger partial charge in [0.15, 0.2) is 12.2 Å². The van der Waals surface area contributed by atoms with Crippen molar-refractivity contribution in [3.05, 3.63) is 0 Å². The van der Waals surface area contributed by atoms with Crippen molar-refractivity contribution in [2.45, 2.75) is 388 Å². The van der Waals surface area contributed by atoms with Gasteiger partial charge in [0.2, 0.25) is 0 Å². The number of carbonyl (C=O) groups is 4. The van der Waals surface area contributed by atoms with Crippen LogP contribution in [-0.2, 0) is 65.4 Å². The van der Waals surface area contributed by atoms with Crippen LogP contribution in [-0.4, -0.2) is 96.7 Å². The number of ether oxygens (including phenoxy) is 4. The molecule has 92 heavy (non-hydrogen) atoms. The van der Waals surface area contributed by atoms with Crippen molar-refractivity contribution < 1.29 is 80.2 Å². The summed E-state index contributed by atoms with van der Waals surface area (Å²) in [6, 6.07) is 0. The minimum absolute atomic E-state index is 0.101. The van der Waals surface area contributed by atoms with Crippen molar-refractivity contribution in [3.8, 4) is 0 Å². The lowest BCUT2D eigenvalue weighted by Gasteiger charge is -2.21. The van der Waals surface area contributed by atoms with Gasteiger partial charge in [-0.05, 0) is 43.4 Å². The van der Waals surface area contributed by atoms with Crippen molar-refractivity contribution in [1.29, 1.82) is 0 Å². The molecule has 17 nitrogen and oxygen atoms in total. The van der Waals surface area contributed by atoms with E-state index in [1.807, 2.05) is 0 Å². The second-order valence-corrected chi connectivity index (χ2v) is 30.7. The molecular formula is C73H142O17P2. The Morgan fingerprint density at radius 3 is 0.739 bits per heavy atom. The third-order valence-corrected chi connectivity index (χ3v) is 18.8. The Kier molecular flexibility index (Phi) is 62.4. The van der Waals surface area contributed by atoms with Crippen LogP contribution in [0.5, 0.6) is 0 Å². The summed E-state index contributed by atoms with van der Waals surface area (Å²) in [5.74, 6) is -0.0101. The first-order valence-corrected chi connectivity index (χ1v) is 40.8. The Hall–Kier alpha value is -1.94. The minimum Gasteiger partial charge on any atom is -0.462 e. The largest absolute Gasteiger partial charge is 0.472 e. The van der Waals surface area contributed by atoms with Crippen molar-refractivity contribution in [2.24, 2.45) is 17.8 Å². The quantitative estimate of drug-likeness (QED) is 0.0222. The Morgan fingerprint density at radius 2 is 0.500 bits per heavy atom. The maximum Gasteiger partial charge on any atom is 0.472 e. The van der Waals surface area contributed by atoms with Crippen LogP contribution >= 0.6 is 15.6 Å². The molecule has 0 radical (unpaired) electrons. The zero-order valence-electron chi connectivity index (χ0n) is 60.0. The van der Waals surface area contributed by atoms with Crippen LogP contribution in [0.2, 0.25) is 0 Å². The van der Waals surface area contributed by atoms with Crippen LogP contribution in [0.3, 0.4) is 0 Å². The first kappa shape index (κ1) is 90.1. The summed E-state index contributed by atoms with van der Waals surface area (Å²) in [6.07, 6.45) is 49.1. The maximum atomic E-state index is 13.1. The molecule has 0 saturated heterocycles. The van der Waals surface area contributed by atoms with Crippen molar-refractivity contribution in [1.82, 2.24) is 0 Å². The molecule has 3 N–H and O–H groups in total. The second kappa shape index (κ2) is 63.8. The fraction of sp³-hybridized carbons (Fsp3) is 0.945. The van der Waals surface area contributed by atoms with Crippen LogP contribution in [0, 0.1) is 17.8 Å². The van der Waals surface area contributed by atoms with Crippen LogP contribution in [0.15, 0.2) is 0 Å². The highest BCUT2D eigenvalue weighted by Crippen LogP contribution is 2.45. The van der Waals surface area contributed by atoms with E-state index < -0.39 is 97.5 Å². The van der Waals surface area contributed by atoms with Crippen LogP contribution in [0.25, 0.3) is 0 Å². The van der Waals surface area contributed by atoms with E-state index in [-0.39, 0.29) is 25.7 Å². The van der Waals surface area contributed by atoms with E-state index in [1.165, 1.54) is 173 Å². The van der Waals surface area contributed by atoms with E-state index in [2.05, 4.69) is 48.5 Å². The van der Waals surface area contributed by atoms with Gasteiger partial charge >= 0.3 is 39.5 Å². The van der Waals surface area contributed by atoms with Crippen LogP contribution in [0.1, 0.15) is 370 Å². The maximum absolute atomic E-state index is 13.1. The number of carbonyl (C=O) groups excluding carboxylic acids is 4. The van der Waals surface area contributed by atoms with E-state index >= 15 is 0 Å². The summed E-state index contributed by atoms with van der Waals surface area (Å²) in [7, 11) is -9.90. The molecule has 0 heterocycles. The molecule has 0 aliphatic carbocycles. The Labute approximate surface area is 562 Å². The van der Waals surface area contributed by atoms with E-state index in [0.717, 1.165) is 102 Å². The van der Waals surface area contributed by atoms with Gasteiger partial charge < -0.3 is 33.8 Å². The lowest BCUT2D eigenvalue weighted by atomic mass is 10.0. The molecule has 19 heteroatoms. The predicted molar refractivity (Wildman–Crippen MR) is 372 cm³/mol. The number of phosphoric ester groups is 2. The average Bonchev–Trinajstić information content (AvgIpc) is 3.52. The van der Waals surface area contributed by atoms with Gasteiger partial charge in [-0.1, -0.05) is 318 Å². The third kappa shape index (κ3) is 66.7. The molecule has 5 atom stereocenters. The summed E-state index contributed by atoms with van der Waals surface area (Å²) in [4.78, 5) is 72.5. The van der Waals surface area contributed by atoms with Gasteiger partial charge in [0.05, 0.1) is 26.4 Å². The Bertz CT molecular complexity index is 1800. The Balaban J connectivity index is 5.18. The van der Waals surface area contributed by atoms with Crippen LogP contribution < -0.4 is 0 Å². The topological polar surface area (TPSA) is 237 Å². The third-order valence-electron chi connectivity index (χ3n) is 16.9. The molecule has 0 aromatic rings. The fourth-order valence-corrected chi connectivity index (χ4v) is 12.7. The minimum atomic E-state index is -4.95. The number of unbranched alkanes of at least 4 members (excludes halogenated alkanes) is 39. The highest BCUT2D eigenvalue weighted by Gasteiger charge is 2.30. The average molecular weight is 1350 g/mol. The number of hydrogen-bond donors (Lipinski definition) is 3. The highest BCUT2D eigenvalue weighted by molar-refractivity contribution is 7.47. The van der Waals surface area contributed by atoms with Gasteiger partial charge in [-0.25, -0.2) is 9.13 Å². The molecular weight excluding hydrogens is 1210 g/mol.